The Bertz CT molecular complexity index is 621. The Morgan fingerprint density at radius 1 is 1.24 bits per heavy atom. The van der Waals surface area contributed by atoms with E-state index in [1.54, 1.807) is 4.90 Å². The van der Waals surface area contributed by atoms with Gasteiger partial charge >= 0.3 is 6.18 Å². The van der Waals surface area contributed by atoms with Crippen molar-refractivity contribution in [3.05, 3.63) is 35.4 Å². The zero-order valence-corrected chi connectivity index (χ0v) is 13.6. The van der Waals surface area contributed by atoms with Crippen LogP contribution in [0.5, 0.6) is 0 Å². The Hall–Kier alpha value is -1.64. The van der Waals surface area contributed by atoms with E-state index in [4.69, 9.17) is 9.47 Å². The molecule has 0 bridgehead atoms. The van der Waals surface area contributed by atoms with Crippen molar-refractivity contribution in [3.63, 3.8) is 0 Å². The number of ether oxygens (including phenoxy) is 2. The number of nitrogens with zero attached hydrogens (tertiary/aromatic N) is 1. The number of carbonyl (C=O) groups is 1. The minimum atomic E-state index is -4.46. The summed E-state index contributed by atoms with van der Waals surface area (Å²) in [7, 11) is 0. The maximum Gasteiger partial charge on any atom is 0.416 e. The van der Waals surface area contributed by atoms with Crippen LogP contribution in [0.2, 0.25) is 0 Å². The van der Waals surface area contributed by atoms with E-state index in [-0.39, 0.29) is 44.0 Å². The smallest absolute Gasteiger partial charge is 0.385 e. The first-order valence-corrected chi connectivity index (χ1v) is 8.18. The zero-order valence-electron chi connectivity index (χ0n) is 13.6. The Kier molecular flexibility index (Phi) is 5.04. The Morgan fingerprint density at radius 3 is 2.56 bits per heavy atom. The second kappa shape index (κ2) is 6.93. The van der Waals surface area contributed by atoms with Crippen LogP contribution in [0.15, 0.2) is 24.3 Å². The van der Waals surface area contributed by atoms with Gasteiger partial charge in [0, 0.05) is 13.1 Å². The molecular weight excluding hydrogens is 339 g/mol. The second-order valence-electron chi connectivity index (χ2n) is 6.37. The molecule has 2 heterocycles. The first-order valence-electron chi connectivity index (χ1n) is 8.18. The molecule has 0 spiro atoms. The van der Waals surface area contributed by atoms with Gasteiger partial charge in [-0.1, -0.05) is 12.1 Å². The predicted molar refractivity (Wildman–Crippen MR) is 81.7 cm³/mol. The number of likely N-dealkylation sites (tertiary alicyclic amines) is 1. The van der Waals surface area contributed by atoms with Crippen LogP contribution in [0.4, 0.5) is 13.2 Å². The molecule has 2 aliphatic heterocycles. The Balaban J connectivity index is 1.67. The Labute approximate surface area is 143 Å². The van der Waals surface area contributed by atoms with Gasteiger partial charge in [0.1, 0.15) is 0 Å². The fourth-order valence-corrected chi connectivity index (χ4v) is 3.20. The van der Waals surface area contributed by atoms with Crippen LogP contribution < -0.4 is 0 Å². The van der Waals surface area contributed by atoms with Gasteiger partial charge in [-0.3, -0.25) is 4.79 Å². The van der Waals surface area contributed by atoms with E-state index in [1.165, 1.54) is 12.1 Å². The molecule has 0 radical (unpaired) electrons. The van der Waals surface area contributed by atoms with E-state index in [1.807, 2.05) is 0 Å². The lowest BCUT2D eigenvalue weighted by molar-refractivity contribution is -0.161. The van der Waals surface area contributed by atoms with Crippen LogP contribution in [0, 0.1) is 0 Å². The summed E-state index contributed by atoms with van der Waals surface area (Å²) in [4.78, 5) is 13.9. The molecule has 25 heavy (non-hydrogen) atoms. The van der Waals surface area contributed by atoms with E-state index in [0.29, 0.717) is 13.2 Å². The lowest BCUT2D eigenvalue weighted by atomic mass is 9.83. The van der Waals surface area contributed by atoms with Crippen molar-refractivity contribution in [3.8, 4) is 0 Å². The quantitative estimate of drug-likeness (QED) is 0.877. The van der Waals surface area contributed by atoms with Crippen LogP contribution in [0.3, 0.4) is 0 Å². The second-order valence-corrected chi connectivity index (χ2v) is 6.37. The molecule has 1 aromatic carbocycles. The minimum Gasteiger partial charge on any atom is -0.385 e. The average Bonchev–Trinajstić information content (AvgIpc) is 2.62. The van der Waals surface area contributed by atoms with E-state index in [0.717, 1.165) is 12.1 Å². The monoisotopic (exact) mass is 359 g/mol. The van der Waals surface area contributed by atoms with Crippen molar-refractivity contribution < 1.29 is 32.5 Å². The predicted octanol–water partition coefficient (Wildman–Crippen LogP) is 1.93. The van der Waals surface area contributed by atoms with Gasteiger partial charge < -0.3 is 19.5 Å². The molecule has 1 N–H and O–H groups in total. The lowest BCUT2D eigenvalue weighted by Crippen LogP contribution is -2.51. The summed E-state index contributed by atoms with van der Waals surface area (Å²) in [6.45, 7) is 1.53. The third-order valence-corrected chi connectivity index (χ3v) is 4.72. The fraction of sp³-hybridized carbons (Fsp3) is 0.588. The summed E-state index contributed by atoms with van der Waals surface area (Å²) in [6.07, 6.45) is -4.75. The van der Waals surface area contributed by atoms with Crippen LogP contribution in [-0.4, -0.2) is 54.9 Å². The maximum absolute atomic E-state index is 12.9. The summed E-state index contributed by atoms with van der Waals surface area (Å²) < 4.78 is 49.2. The van der Waals surface area contributed by atoms with Crippen molar-refractivity contribution in [1.82, 2.24) is 4.90 Å². The van der Waals surface area contributed by atoms with Gasteiger partial charge in [-0.25, -0.2) is 0 Å². The summed E-state index contributed by atoms with van der Waals surface area (Å²) in [5, 5.41) is 10.8. The maximum atomic E-state index is 12.9. The van der Waals surface area contributed by atoms with Crippen LogP contribution in [0.25, 0.3) is 0 Å². The van der Waals surface area contributed by atoms with Crippen LogP contribution in [0.1, 0.15) is 24.0 Å². The van der Waals surface area contributed by atoms with E-state index in [9.17, 15) is 23.1 Å². The minimum absolute atomic E-state index is 0.174. The highest BCUT2D eigenvalue weighted by molar-refractivity contribution is 5.81. The fourth-order valence-electron chi connectivity index (χ4n) is 3.20. The number of benzene rings is 1. The number of aliphatic hydroxyl groups is 1. The van der Waals surface area contributed by atoms with Gasteiger partial charge in [-0.2, -0.15) is 13.2 Å². The summed E-state index contributed by atoms with van der Waals surface area (Å²) >= 11 is 0. The third-order valence-electron chi connectivity index (χ3n) is 4.72. The Morgan fingerprint density at radius 2 is 1.96 bits per heavy atom. The molecule has 2 fully saturated rings. The molecule has 0 saturated carbocycles. The topological polar surface area (TPSA) is 59.0 Å². The number of rotatable bonds is 2. The lowest BCUT2D eigenvalue weighted by Gasteiger charge is -2.40. The molecule has 138 valence electrons. The van der Waals surface area contributed by atoms with Crippen molar-refractivity contribution in [2.24, 2.45) is 0 Å². The largest absolute Gasteiger partial charge is 0.416 e. The molecule has 0 aliphatic carbocycles. The molecule has 3 rings (SSSR count). The number of hydrogen-bond acceptors (Lipinski definition) is 4. The third kappa shape index (κ3) is 3.96. The molecular formula is C17H20F3NO4. The number of piperidine rings is 1. The highest BCUT2D eigenvalue weighted by atomic mass is 19.4. The standard InChI is InChI=1S/C17H20F3NO4/c18-17(19,20)13-3-1-2-12(10-13)16(23)4-6-21(7-5-16)15(22)14-11-24-8-9-25-14/h1-3,10,14,23H,4-9,11H2. The summed E-state index contributed by atoms with van der Waals surface area (Å²) in [5.41, 5.74) is -1.93. The van der Waals surface area contributed by atoms with Gasteiger partial charge in [-0.05, 0) is 30.5 Å². The van der Waals surface area contributed by atoms with Crippen molar-refractivity contribution >= 4 is 5.91 Å². The molecule has 8 heteroatoms. The summed E-state index contributed by atoms with van der Waals surface area (Å²) in [5.74, 6) is -0.203. The van der Waals surface area contributed by atoms with E-state index >= 15 is 0 Å². The highest BCUT2D eigenvalue weighted by Gasteiger charge is 2.39. The number of hydrogen-bond donors (Lipinski definition) is 1. The van der Waals surface area contributed by atoms with Gasteiger partial charge in [0.15, 0.2) is 6.10 Å². The van der Waals surface area contributed by atoms with Crippen molar-refractivity contribution in [1.29, 1.82) is 0 Å². The molecule has 1 aromatic rings. The number of alkyl halides is 3. The normalized spacial score (nSPS) is 24.2. The molecule has 1 amide bonds. The number of carbonyl (C=O) groups excluding carboxylic acids is 1. The zero-order chi connectivity index (χ0) is 18.1. The van der Waals surface area contributed by atoms with Crippen LogP contribution in [-0.2, 0) is 26.0 Å². The number of halogens is 3. The molecule has 5 nitrogen and oxygen atoms in total. The van der Waals surface area contributed by atoms with Gasteiger partial charge in [-0.15, -0.1) is 0 Å². The van der Waals surface area contributed by atoms with E-state index in [2.05, 4.69) is 0 Å². The number of amides is 1. The van der Waals surface area contributed by atoms with Crippen molar-refractivity contribution in [2.75, 3.05) is 32.9 Å². The van der Waals surface area contributed by atoms with Gasteiger partial charge in [0.2, 0.25) is 0 Å². The van der Waals surface area contributed by atoms with Gasteiger partial charge in [0.05, 0.1) is 31.0 Å². The molecule has 2 saturated heterocycles. The van der Waals surface area contributed by atoms with E-state index < -0.39 is 23.4 Å². The first kappa shape index (κ1) is 18.2. The first-order chi connectivity index (χ1) is 11.8. The SMILES string of the molecule is O=C(C1COCCO1)N1CCC(O)(c2cccc(C(F)(F)F)c2)CC1. The molecule has 2 aliphatic rings. The summed E-state index contributed by atoms with van der Waals surface area (Å²) in [6, 6.07) is 4.74. The highest BCUT2D eigenvalue weighted by Crippen LogP contribution is 2.36. The van der Waals surface area contributed by atoms with Crippen LogP contribution >= 0.6 is 0 Å². The molecule has 1 atom stereocenters. The molecule has 0 aromatic heterocycles. The average molecular weight is 359 g/mol. The van der Waals surface area contributed by atoms with Crippen molar-refractivity contribution in [2.45, 2.75) is 30.7 Å². The molecule has 1 unspecified atom stereocenters. The van der Waals surface area contributed by atoms with Gasteiger partial charge in [0.25, 0.3) is 5.91 Å².